The summed E-state index contributed by atoms with van der Waals surface area (Å²) in [5, 5.41) is 3.21. The molecule has 1 aromatic carbocycles. The van der Waals surface area contributed by atoms with Crippen molar-refractivity contribution < 1.29 is 9.53 Å². The quantitative estimate of drug-likeness (QED) is 0.865. The third-order valence-corrected chi connectivity index (χ3v) is 2.67. The maximum Gasteiger partial charge on any atom is 0.411 e. The molecule has 0 aliphatic heterocycles. The first-order valence-electron chi connectivity index (χ1n) is 4.39. The molecule has 0 unspecified atom stereocenters. The minimum absolute atomic E-state index is 0.0184. The van der Waals surface area contributed by atoms with E-state index in [1.54, 1.807) is 12.1 Å². The highest BCUT2D eigenvalue weighted by Crippen LogP contribution is 2.24. The minimum atomic E-state index is -0.644. The van der Waals surface area contributed by atoms with Crippen molar-refractivity contribution in [1.29, 1.82) is 0 Å². The van der Waals surface area contributed by atoms with Crippen molar-refractivity contribution >= 4 is 58.2 Å². The number of benzene rings is 1. The highest BCUT2D eigenvalue weighted by Gasteiger charge is 2.04. The number of carbonyl (C=O) groups is 1. The average molecular weight is 315 g/mol. The Hall–Kier alpha value is -0.610. The van der Waals surface area contributed by atoms with Crippen LogP contribution in [0.15, 0.2) is 28.8 Å². The third-order valence-electron chi connectivity index (χ3n) is 1.62. The molecule has 0 bridgehead atoms. The zero-order valence-electron chi connectivity index (χ0n) is 8.34. The van der Waals surface area contributed by atoms with Crippen molar-refractivity contribution in [3.8, 4) is 0 Å². The number of hydrogen-bond acceptors (Lipinski definition) is 2. The van der Waals surface area contributed by atoms with E-state index in [0.717, 1.165) is 0 Å². The van der Waals surface area contributed by atoms with Gasteiger partial charge in [-0.2, -0.15) is 0 Å². The Morgan fingerprint density at radius 2 is 2.00 bits per heavy atom. The van der Waals surface area contributed by atoms with Crippen molar-refractivity contribution in [1.82, 2.24) is 0 Å². The molecule has 1 rings (SSSR count). The maximum absolute atomic E-state index is 11.3. The summed E-state index contributed by atoms with van der Waals surface area (Å²) in [7, 11) is 0. The second-order valence-electron chi connectivity index (χ2n) is 2.85. The van der Waals surface area contributed by atoms with Gasteiger partial charge in [0.15, 0.2) is 0 Å². The highest BCUT2D eigenvalue weighted by molar-refractivity contribution is 6.55. The molecule has 0 atom stereocenters. The van der Waals surface area contributed by atoms with Crippen molar-refractivity contribution in [3.05, 3.63) is 38.8 Å². The Morgan fingerprint density at radius 3 is 2.59 bits per heavy atom. The molecule has 92 valence electrons. The van der Waals surface area contributed by atoms with E-state index in [1.165, 1.54) is 12.1 Å². The van der Waals surface area contributed by atoms with Crippen LogP contribution in [0.3, 0.4) is 0 Å². The fraction of sp³-hybridized carbons (Fsp3) is 0.100. The molecule has 0 spiro atoms. The van der Waals surface area contributed by atoms with Crippen LogP contribution in [-0.2, 0) is 4.74 Å². The van der Waals surface area contributed by atoms with Crippen LogP contribution in [0, 0.1) is 0 Å². The molecule has 0 saturated carbocycles. The lowest BCUT2D eigenvalue weighted by Gasteiger charge is -2.06. The molecule has 0 fully saturated rings. The Kier molecular flexibility index (Phi) is 5.92. The van der Waals surface area contributed by atoms with Crippen LogP contribution >= 0.6 is 46.4 Å². The molecule has 0 aliphatic rings. The number of hydrogen-bond donors (Lipinski definition) is 1. The molecule has 1 N–H and O–H groups in total. The first kappa shape index (κ1) is 14.5. The van der Waals surface area contributed by atoms with E-state index in [4.69, 9.17) is 51.1 Å². The van der Waals surface area contributed by atoms with Gasteiger partial charge in [0.25, 0.3) is 0 Å². The summed E-state index contributed by atoms with van der Waals surface area (Å²) in [4.78, 5) is 11.3. The summed E-state index contributed by atoms with van der Waals surface area (Å²) < 4.78 is 4.79. The summed E-state index contributed by atoms with van der Waals surface area (Å²) in [6.07, 6.45) is 0.701. The smallest absolute Gasteiger partial charge is 0.411 e. The Morgan fingerprint density at radius 1 is 1.29 bits per heavy atom. The number of nitrogens with one attached hydrogen (secondary N) is 1. The molecule has 0 aromatic heterocycles. The predicted molar refractivity (Wildman–Crippen MR) is 71.2 cm³/mol. The molecule has 3 nitrogen and oxygen atoms in total. The summed E-state index contributed by atoms with van der Waals surface area (Å²) >= 11 is 22.2. The third kappa shape index (κ3) is 5.50. The van der Waals surface area contributed by atoms with E-state index in [0.29, 0.717) is 15.7 Å². The molecular weight excluding hydrogens is 308 g/mol. The number of rotatable bonds is 3. The standard InChI is InChI=1S/C10H7Cl4NO2/c11-7-2-1-6(5-8(7)12)15-10(16)17-4-3-9(13)14/h1-3,5H,4H2,(H,15,16). The largest absolute Gasteiger partial charge is 0.445 e. The second-order valence-corrected chi connectivity index (χ2v) is 4.67. The fourth-order valence-corrected chi connectivity index (χ4v) is 1.33. The van der Waals surface area contributed by atoms with Crippen molar-refractivity contribution in [3.63, 3.8) is 0 Å². The predicted octanol–water partition coefficient (Wildman–Crippen LogP) is 4.86. The Balaban J connectivity index is 2.51. The van der Waals surface area contributed by atoms with E-state index in [-0.39, 0.29) is 11.1 Å². The molecule has 0 aliphatic carbocycles. The first-order chi connectivity index (χ1) is 7.99. The van der Waals surface area contributed by atoms with Crippen molar-refractivity contribution in [2.45, 2.75) is 0 Å². The molecule has 0 radical (unpaired) electrons. The summed E-state index contributed by atoms with van der Waals surface area (Å²) in [5.74, 6) is 0. The second kappa shape index (κ2) is 6.97. The molecule has 0 saturated heterocycles. The van der Waals surface area contributed by atoms with Gasteiger partial charge in [0, 0.05) is 5.69 Å². The lowest BCUT2D eigenvalue weighted by atomic mass is 10.3. The number of ether oxygens (including phenoxy) is 1. The fourth-order valence-electron chi connectivity index (χ4n) is 0.908. The van der Waals surface area contributed by atoms with E-state index in [2.05, 4.69) is 5.32 Å². The molecule has 1 amide bonds. The molecule has 1 aromatic rings. The molecule has 17 heavy (non-hydrogen) atoms. The SMILES string of the molecule is O=C(Nc1ccc(Cl)c(Cl)c1)OCC=C(Cl)Cl. The molecule has 0 heterocycles. The van der Waals surface area contributed by atoms with Crippen LogP contribution in [0.25, 0.3) is 0 Å². The van der Waals surface area contributed by atoms with Crippen molar-refractivity contribution in [2.24, 2.45) is 0 Å². The van der Waals surface area contributed by atoms with E-state index in [9.17, 15) is 4.79 Å². The van der Waals surface area contributed by atoms with Crippen LogP contribution in [0.4, 0.5) is 10.5 Å². The summed E-state index contributed by atoms with van der Waals surface area (Å²) in [6, 6.07) is 4.67. The minimum Gasteiger partial charge on any atom is -0.445 e. The van der Waals surface area contributed by atoms with Gasteiger partial charge in [0.1, 0.15) is 11.1 Å². The van der Waals surface area contributed by atoms with Crippen LogP contribution in [0.1, 0.15) is 0 Å². The zero-order chi connectivity index (χ0) is 12.8. The van der Waals surface area contributed by atoms with E-state index in [1.807, 2.05) is 0 Å². The van der Waals surface area contributed by atoms with Gasteiger partial charge in [-0.25, -0.2) is 4.79 Å². The summed E-state index contributed by atoms with van der Waals surface area (Å²) in [5.41, 5.74) is 0.477. The number of amides is 1. The zero-order valence-corrected chi connectivity index (χ0v) is 11.4. The van der Waals surface area contributed by atoms with Crippen LogP contribution < -0.4 is 5.32 Å². The monoisotopic (exact) mass is 313 g/mol. The Labute approximate surface area is 118 Å². The van der Waals surface area contributed by atoms with Crippen LogP contribution in [-0.4, -0.2) is 12.7 Å². The summed E-state index contributed by atoms with van der Waals surface area (Å²) in [6.45, 7) is -0.0184. The maximum atomic E-state index is 11.3. The number of anilines is 1. The normalized spacial score (nSPS) is 9.65. The number of halogens is 4. The van der Waals surface area contributed by atoms with Gasteiger partial charge in [0.2, 0.25) is 0 Å². The molecule has 7 heteroatoms. The lowest BCUT2D eigenvalue weighted by molar-refractivity contribution is 0.174. The van der Waals surface area contributed by atoms with Gasteiger partial charge in [-0.1, -0.05) is 46.4 Å². The van der Waals surface area contributed by atoms with E-state index >= 15 is 0 Å². The first-order valence-corrected chi connectivity index (χ1v) is 5.90. The van der Waals surface area contributed by atoms with Gasteiger partial charge in [0.05, 0.1) is 10.0 Å². The van der Waals surface area contributed by atoms with E-state index < -0.39 is 6.09 Å². The Bertz CT molecular complexity index is 444. The van der Waals surface area contributed by atoms with Gasteiger partial charge in [-0.3, -0.25) is 5.32 Å². The van der Waals surface area contributed by atoms with Gasteiger partial charge in [-0.05, 0) is 24.3 Å². The van der Waals surface area contributed by atoms with Gasteiger partial charge in [-0.15, -0.1) is 0 Å². The van der Waals surface area contributed by atoms with Crippen LogP contribution in [0.5, 0.6) is 0 Å². The highest BCUT2D eigenvalue weighted by atomic mass is 35.5. The van der Waals surface area contributed by atoms with Gasteiger partial charge < -0.3 is 4.74 Å². The lowest BCUT2D eigenvalue weighted by Crippen LogP contribution is -2.13. The number of carbonyl (C=O) groups excluding carboxylic acids is 1. The van der Waals surface area contributed by atoms with Crippen LogP contribution in [0.2, 0.25) is 10.0 Å². The van der Waals surface area contributed by atoms with Gasteiger partial charge >= 0.3 is 6.09 Å². The topological polar surface area (TPSA) is 38.3 Å². The average Bonchev–Trinajstić information content (AvgIpc) is 2.23. The van der Waals surface area contributed by atoms with Crippen molar-refractivity contribution in [2.75, 3.05) is 11.9 Å². The molecular formula is C10H7Cl4NO2.